The van der Waals surface area contributed by atoms with Gasteiger partial charge in [-0.1, -0.05) is 24.8 Å². The highest BCUT2D eigenvalue weighted by Gasteiger charge is 2.01. The predicted octanol–water partition coefficient (Wildman–Crippen LogP) is 4.54. The lowest BCUT2D eigenvalue weighted by Crippen LogP contribution is -1.82. The fourth-order valence-corrected chi connectivity index (χ4v) is 2.18. The van der Waals surface area contributed by atoms with Crippen LogP contribution in [0.15, 0.2) is 34.1 Å². The Bertz CT molecular complexity index is 342. The third kappa shape index (κ3) is 3.18. The van der Waals surface area contributed by atoms with Crippen LogP contribution in [0.2, 0.25) is 0 Å². The summed E-state index contributed by atoms with van der Waals surface area (Å²) in [6, 6.07) is 4.92. The molecule has 76 valence electrons. The number of hydrogen-bond acceptors (Lipinski definition) is 1. The van der Waals surface area contributed by atoms with Gasteiger partial charge < -0.3 is 0 Å². The summed E-state index contributed by atoms with van der Waals surface area (Å²) in [6.07, 6.45) is 3.21. The van der Waals surface area contributed by atoms with Gasteiger partial charge in [-0.25, -0.2) is 4.39 Å². The molecular formula is C12H15FS. The van der Waals surface area contributed by atoms with Gasteiger partial charge in [-0.2, -0.15) is 0 Å². The van der Waals surface area contributed by atoms with Crippen molar-refractivity contribution in [2.45, 2.75) is 32.1 Å². The number of aryl methyl sites for hydroxylation is 1. The molecule has 0 aliphatic carbocycles. The molecule has 0 unspecified atom stereocenters. The second kappa shape index (κ2) is 5.20. The third-order valence-corrected chi connectivity index (χ3v) is 3.07. The smallest absolute Gasteiger partial charge is 0.123 e. The van der Waals surface area contributed by atoms with Gasteiger partial charge >= 0.3 is 0 Å². The highest BCUT2D eigenvalue weighted by Crippen LogP contribution is 2.29. The van der Waals surface area contributed by atoms with Gasteiger partial charge in [0.15, 0.2) is 0 Å². The Hall–Kier alpha value is -0.760. The summed E-state index contributed by atoms with van der Waals surface area (Å²) in [5.74, 6) is -0.163. The fourth-order valence-electron chi connectivity index (χ4n) is 1.23. The Morgan fingerprint density at radius 3 is 2.79 bits per heavy atom. The van der Waals surface area contributed by atoms with Crippen LogP contribution in [0, 0.1) is 12.7 Å². The third-order valence-electron chi connectivity index (χ3n) is 1.90. The second-order valence-corrected chi connectivity index (χ2v) is 4.52. The largest absolute Gasteiger partial charge is 0.207 e. The molecule has 0 nitrogen and oxygen atoms in total. The number of hydrogen-bond donors (Lipinski definition) is 0. The molecule has 0 saturated carbocycles. The normalized spacial score (nSPS) is 11.9. The maximum Gasteiger partial charge on any atom is 0.123 e. The second-order valence-electron chi connectivity index (χ2n) is 3.23. The van der Waals surface area contributed by atoms with Gasteiger partial charge in [0.05, 0.1) is 0 Å². The molecule has 0 aliphatic rings. The summed E-state index contributed by atoms with van der Waals surface area (Å²) in [5, 5.41) is 0. The zero-order valence-electron chi connectivity index (χ0n) is 8.80. The molecule has 1 rings (SSSR count). The van der Waals surface area contributed by atoms with Crippen molar-refractivity contribution < 1.29 is 4.39 Å². The molecule has 0 saturated heterocycles. The number of thioether (sulfide) groups is 1. The van der Waals surface area contributed by atoms with E-state index in [1.54, 1.807) is 17.8 Å². The highest BCUT2D eigenvalue weighted by atomic mass is 32.2. The summed E-state index contributed by atoms with van der Waals surface area (Å²) in [5.41, 5.74) is 0.999. The number of allylic oxidation sites excluding steroid dienone is 2. The summed E-state index contributed by atoms with van der Waals surface area (Å²) in [4.78, 5) is 2.40. The minimum atomic E-state index is -0.163. The first-order valence-corrected chi connectivity index (χ1v) is 5.56. The SMILES string of the molecule is CC/C=C(/C)Sc1ccc(F)cc1C. The van der Waals surface area contributed by atoms with E-state index in [9.17, 15) is 4.39 Å². The van der Waals surface area contributed by atoms with Gasteiger partial charge in [0.25, 0.3) is 0 Å². The molecule has 0 fully saturated rings. The molecule has 0 radical (unpaired) electrons. The first-order chi connectivity index (χ1) is 6.63. The Balaban J connectivity index is 2.82. The zero-order valence-corrected chi connectivity index (χ0v) is 9.62. The summed E-state index contributed by atoms with van der Waals surface area (Å²) in [7, 11) is 0. The molecule has 0 aliphatic heterocycles. The van der Waals surface area contributed by atoms with E-state index in [0.717, 1.165) is 16.9 Å². The number of rotatable bonds is 3. The van der Waals surface area contributed by atoms with Crippen LogP contribution in [0.3, 0.4) is 0 Å². The van der Waals surface area contributed by atoms with Gasteiger partial charge in [-0.15, -0.1) is 0 Å². The molecule has 0 N–H and O–H groups in total. The Kier molecular flexibility index (Phi) is 4.21. The van der Waals surface area contributed by atoms with E-state index in [1.165, 1.54) is 11.0 Å². The average molecular weight is 210 g/mol. The lowest BCUT2D eigenvalue weighted by atomic mass is 10.2. The fraction of sp³-hybridized carbons (Fsp3) is 0.333. The van der Waals surface area contributed by atoms with E-state index in [0.29, 0.717) is 0 Å². The van der Waals surface area contributed by atoms with Crippen LogP contribution >= 0.6 is 11.8 Å². The van der Waals surface area contributed by atoms with Crippen molar-refractivity contribution in [2.24, 2.45) is 0 Å². The molecule has 14 heavy (non-hydrogen) atoms. The molecule has 0 bridgehead atoms. The van der Waals surface area contributed by atoms with Crippen molar-refractivity contribution in [3.8, 4) is 0 Å². The van der Waals surface area contributed by atoms with Crippen molar-refractivity contribution in [1.29, 1.82) is 0 Å². The number of halogens is 1. The molecule has 2 heteroatoms. The van der Waals surface area contributed by atoms with Crippen LogP contribution in [0.5, 0.6) is 0 Å². The van der Waals surface area contributed by atoms with Crippen LogP contribution in [0.25, 0.3) is 0 Å². The quantitative estimate of drug-likeness (QED) is 0.660. The summed E-state index contributed by atoms with van der Waals surface area (Å²) < 4.78 is 12.8. The van der Waals surface area contributed by atoms with Crippen LogP contribution in [0.4, 0.5) is 4.39 Å². The Morgan fingerprint density at radius 1 is 1.50 bits per heavy atom. The van der Waals surface area contributed by atoms with Crippen molar-refractivity contribution in [3.05, 3.63) is 40.6 Å². The molecular weight excluding hydrogens is 195 g/mol. The maximum absolute atomic E-state index is 12.8. The molecule has 0 spiro atoms. The molecule has 1 aromatic carbocycles. The van der Waals surface area contributed by atoms with Crippen LogP contribution in [-0.4, -0.2) is 0 Å². The Morgan fingerprint density at radius 2 is 2.21 bits per heavy atom. The van der Waals surface area contributed by atoms with Gasteiger partial charge in [-0.05, 0) is 48.9 Å². The lowest BCUT2D eigenvalue weighted by molar-refractivity contribution is 0.625. The molecule has 1 aromatic rings. The van der Waals surface area contributed by atoms with E-state index in [2.05, 4.69) is 19.9 Å². The van der Waals surface area contributed by atoms with E-state index >= 15 is 0 Å². The van der Waals surface area contributed by atoms with Gasteiger partial charge in [0.1, 0.15) is 5.82 Å². The van der Waals surface area contributed by atoms with Crippen LogP contribution < -0.4 is 0 Å². The Labute approximate surface area is 89.2 Å². The minimum Gasteiger partial charge on any atom is -0.207 e. The van der Waals surface area contributed by atoms with Crippen LogP contribution in [0.1, 0.15) is 25.8 Å². The molecule has 0 atom stereocenters. The van der Waals surface area contributed by atoms with Crippen molar-refractivity contribution >= 4 is 11.8 Å². The van der Waals surface area contributed by atoms with Crippen molar-refractivity contribution in [3.63, 3.8) is 0 Å². The van der Waals surface area contributed by atoms with E-state index in [-0.39, 0.29) is 5.82 Å². The lowest BCUT2D eigenvalue weighted by Gasteiger charge is -2.05. The molecule has 0 amide bonds. The first-order valence-electron chi connectivity index (χ1n) is 4.74. The van der Waals surface area contributed by atoms with Crippen molar-refractivity contribution in [1.82, 2.24) is 0 Å². The minimum absolute atomic E-state index is 0.163. The van der Waals surface area contributed by atoms with E-state index < -0.39 is 0 Å². The average Bonchev–Trinajstić information content (AvgIpc) is 2.10. The zero-order chi connectivity index (χ0) is 10.6. The van der Waals surface area contributed by atoms with Gasteiger partial charge in [0, 0.05) is 4.90 Å². The van der Waals surface area contributed by atoms with Gasteiger partial charge in [0.2, 0.25) is 0 Å². The first kappa shape index (κ1) is 11.3. The number of benzene rings is 1. The monoisotopic (exact) mass is 210 g/mol. The maximum atomic E-state index is 12.8. The van der Waals surface area contributed by atoms with E-state index in [4.69, 9.17) is 0 Å². The molecule has 0 aromatic heterocycles. The predicted molar refractivity (Wildman–Crippen MR) is 61.0 cm³/mol. The summed E-state index contributed by atoms with van der Waals surface area (Å²) in [6.45, 7) is 6.13. The topological polar surface area (TPSA) is 0 Å². The summed E-state index contributed by atoms with van der Waals surface area (Å²) >= 11 is 1.70. The van der Waals surface area contributed by atoms with Crippen LogP contribution in [-0.2, 0) is 0 Å². The van der Waals surface area contributed by atoms with E-state index in [1.807, 2.05) is 13.0 Å². The standard InChI is InChI=1S/C12H15FS/c1-4-5-10(3)14-12-7-6-11(13)8-9(12)2/h5-8H,4H2,1-3H3/b10-5-. The van der Waals surface area contributed by atoms with Gasteiger partial charge in [-0.3, -0.25) is 0 Å². The molecule has 0 heterocycles. The van der Waals surface area contributed by atoms with Crippen molar-refractivity contribution in [2.75, 3.05) is 0 Å². The highest BCUT2D eigenvalue weighted by molar-refractivity contribution is 8.03.